The molecule has 0 bridgehead atoms. The minimum Gasteiger partial charge on any atom is -0.484 e. The summed E-state index contributed by atoms with van der Waals surface area (Å²) in [5.74, 6) is 0.326. The molecule has 18 heavy (non-hydrogen) atoms. The van der Waals surface area contributed by atoms with Crippen LogP contribution in [0.4, 0.5) is 5.69 Å². The lowest BCUT2D eigenvalue weighted by Crippen LogP contribution is -2.31. The molecule has 1 aromatic rings. The number of hydrogen-bond acceptors (Lipinski definition) is 5. The fourth-order valence-electron chi connectivity index (χ4n) is 1.23. The SMILES string of the molecule is Nc1cccc(OCC(=O)NCCOCCO)c1. The van der Waals surface area contributed by atoms with Gasteiger partial charge >= 0.3 is 0 Å². The number of ether oxygens (including phenoxy) is 2. The molecule has 6 heteroatoms. The molecule has 1 aromatic carbocycles. The second-order valence-electron chi connectivity index (χ2n) is 3.55. The van der Waals surface area contributed by atoms with Gasteiger partial charge in [-0.2, -0.15) is 0 Å². The maximum absolute atomic E-state index is 11.4. The van der Waals surface area contributed by atoms with Crippen LogP contribution in [-0.4, -0.2) is 44.0 Å². The van der Waals surface area contributed by atoms with Crippen molar-refractivity contribution in [2.75, 3.05) is 38.7 Å². The largest absolute Gasteiger partial charge is 0.484 e. The van der Waals surface area contributed by atoms with Gasteiger partial charge in [-0.3, -0.25) is 4.79 Å². The second-order valence-corrected chi connectivity index (χ2v) is 3.55. The van der Waals surface area contributed by atoms with Gasteiger partial charge in [-0.25, -0.2) is 0 Å². The number of rotatable bonds is 8. The molecule has 0 aliphatic heterocycles. The molecule has 0 radical (unpaired) electrons. The number of benzene rings is 1. The number of nitrogen functional groups attached to an aromatic ring is 1. The number of anilines is 1. The Morgan fingerprint density at radius 3 is 2.94 bits per heavy atom. The van der Waals surface area contributed by atoms with E-state index in [0.29, 0.717) is 24.6 Å². The Labute approximate surface area is 106 Å². The molecular weight excluding hydrogens is 236 g/mol. The van der Waals surface area contributed by atoms with Gasteiger partial charge in [0.1, 0.15) is 5.75 Å². The minimum atomic E-state index is -0.231. The number of hydrogen-bond donors (Lipinski definition) is 3. The fraction of sp³-hybridized carbons (Fsp3) is 0.417. The zero-order valence-electron chi connectivity index (χ0n) is 10.1. The van der Waals surface area contributed by atoms with Crippen molar-refractivity contribution >= 4 is 11.6 Å². The molecule has 1 rings (SSSR count). The summed E-state index contributed by atoms with van der Waals surface area (Å²) in [7, 11) is 0. The normalized spacial score (nSPS) is 10.1. The zero-order valence-corrected chi connectivity index (χ0v) is 10.1. The Morgan fingerprint density at radius 1 is 1.39 bits per heavy atom. The van der Waals surface area contributed by atoms with E-state index >= 15 is 0 Å². The summed E-state index contributed by atoms with van der Waals surface area (Å²) >= 11 is 0. The van der Waals surface area contributed by atoms with E-state index in [4.69, 9.17) is 20.3 Å². The third kappa shape index (κ3) is 6.07. The smallest absolute Gasteiger partial charge is 0.258 e. The first-order chi connectivity index (χ1) is 8.72. The summed E-state index contributed by atoms with van der Waals surface area (Å²) in [6.45, 7) is 0.940. The molecule has 0 fully saturated rings. The molecule has 100 valence electrons. The molecule has 0 aliphatic carbocycles. The Hall–Kier alpha value is -1.79. The predicted molar refractivity (Wildman–Crippen MR) is 67.3 cm³/mol. The summed E-state index contributed by atoms with van der Waals surface area (Å²) < 4.78 is 10.2. The van der Waals surface area contributed by atoms with E-state index in [1.807, 2.05) is 0 Å². The first-order valence-corrected chi connectivity index (χ1v) is 5.66. The van der Waals surface area contributed by atoms with Crippen molar-refractivity contribution in [3.63, 3.8) is 0 Å². The Kier molecular flexibility index (Phi) is 6.60. The number of carbonyl (C=O) groups is 1. The van der Waals surface area contributed by atoms with Crippen LogP contribution in [0, 0.1) is 0 Å². The lowest BCUT2D eigenvalue weighted by molar-refractivity contribution is -0.123. The standard InChI is InChI=1S/C12H18N2O4/c13-10-2-1-3-11(8-10)18-9-12(16)14-4-6-17-7-5-15/h1-3,8,15H,4-7,9,13H2,(H,14,16). The van der Waals surface area contributed by atoms with E-state index in [1.165, 1.54) is 0 Å². The highest BCUT2D eigenvalue weighted by Gasteiger charge is 2.02. The topological polar surface area (TPSA) is 93.8 Å². The zero-order chi connectivity index (χ0) is 13.2. The number of amides is 1. The molecule has 1 amide bonds. The average molecular weight is 254 g/mol. The number of aliphatic hydroxyl groups excluding tert-OH is 1. The summed E-state index contributed by atoms with van der Waals surface area (Å²) in [6.07, 6.45) is 0. The molecule has 0 saturated heterocycles. The summed E-state index contributed by atoms with van der Waals surface area (Å²) in [5, 5.41) is 11.1. The average Bonchev–Trinajstić information content (AvgIpc) is 2.36. The fourth-order valence-corrected chi connectivity index (χ4v) is 1.23. The van der Waals surface area contributed by atoms with Crippen molar-refractivity contribution in [1.82, 2.24) is 5.32 Å². The molecule has 4 N–H and O–H groups in total. The van der Waals surface area contributed by atoms with E-state index in [-0.39, 0.29) is 25.7 Å². The molecule has 6 nitrogen and oxygen atoms in total. The minimum absolute atomic E-state index is 0.0213. The molecule has 0 spiro atoms. The summed E-state index contributed by atoms with van der Waals surface area (Å²) in [5.41, 5.74) is 6.16. The van der Waals surface area contributed by atoms with Gasteiger partial charge in [0, 0.05) is 18.3 Å². The van der Waals surface area contributed by atoms with Crippen LogP contribution >= 0.6 is 0 Å². The first-order valence-electron chi connectivity index (χ1n) is 5.66. The van der Waals surface area contributed by atoms with Gasteiger partial charge in [-0.05, 0) is 12.1 Å². The monoisotopic (exact) mass is 254 g/mol. The second kappa shape index (κ2) is 8.32. The van der Waals surface area contributed by atoms with Crippen LogP contribution < -0.4 is 15.8 Å². The van der Waals surface area contributed by atoms with Crippen molar-refractivity contribution in [3.05, 3.63) is 24.3 Å². The molecular formula is C12H18N2O4. The van der Waals surface area contributed by atoms with Crippen LogP contribution in [0.5, 0.6) is 5.75 Å². The van der Waals surface area contributed by atoms with Gasteiger partial charge in [0.25, 0.3) is 5.91 Å². The maximum atomic E-state index is 11.4. The number of nitrogens with two attached hydrogens (primary N) is 1. The van der Waals surface area contributed by atoms with Crippen molar-refractivity contribution < 1.29 is 19.4 Å². The quantitative estimate of drug-likeness (QED) is 0.440. The van der Waals surface area contributed by atoms with Crippen LogP contribution in [0.3, 0.4) is 0 Å². The van der Waals surface area contributed by atoms with E-state index in [1.54, 1.807) is 24.3 Å². The van der Waals surface area contributed by atoms with E-state index < -0.39 is 0 Å². The van der Waals surface area contributed by atoms with Crippen LogP contribution in [-0.2, 0) is 9.53 Å². The summed E-state index contributed by atoms with van der Waals surface area (Å²) in [4.78, 5) is 11.4. The van der Waals surface area contributed by atoms with Crippen molar-refractivity contribution in [3.8, 4) is 5.75 Å². The van der Waals surface area contributed by atoms with Crippen LogP contribution in [0.25, 0.3) is 0 Å². The van der Waals surface area contributed by atoms with Gasteiger partial charge in [0.15, 0.2) is 6.61 Å². The van der Waals surface area contributed by atoms with Crippen LogP contribution in [0.15, 0.2) is 24.3 Å². The van der Waals surface area contributed by atoms with Crippen molar-refractivity contribution in [2.45, 2.75) is 0 Å². The third-order valence-corrected chi connectivity index (χ3v) is 2.03. The molecule has 0 aromatic heterocycles. The van der Waals surface area contributed by atoms with Gasteiger partial charge < -0.3 is 25.6 Å². The predicted octanol–water partition coefficient (Wildman–Crippen LogP) is -0.227. The molecule has 0 aliphatic rings. The Morgan fingerprint density at radius 2 is 2.22 bits per heavy atom. The summed E-state index contributed by atoms with van der Waals surface area (Å²) in [6, 6.07) is 6.88. The molecule has 0 unspecified atom stereocenters. The van der Waals surface area contributed by atoms with Crippen molar-refractivity contribution in [2.24, 2.45) is 0 Å². The highest BCUT2D eigenvalue weighted by atomic mass is 16.5. The lowest BCUT2D eigenvalue weighted by Gasteiger charge is -2.08. The van der Waals surface area contributed by atoms with E-state index in [9.17, 15) is 4.79 Å². The number of carbonyl (C=O) groups excluding carboxylic acids is 1. The first kappa shape index (κ1) is 14.3. The van der Waals surface area contributed by atoms with Crippen LogP contribution in [0.2, 0.25) is 0 Å². The van der Waals surface area contributed by atoms with E-state index in [2.05, 4.69) is 5.32 Å². The molecule has 0 heterocycles. The Balaban J connectivity index is 2.13. The number of aliphatic hydroxyl groups is 1. The van der Waals surface area contributed by atoms with E-state index in [0.717, 1.165) is 0 Å². The van der Waals surface area contributed by atoms with Crippen LogP contribution in [0.1, 0.15) is 0 Å². The highest BCUT2D eigenvalue weighted by molar-refractivity contribution is 5.77. The number of nitrogens with one attached hydrogen (secondary N) is 1. The van der Waals surface area contributed by atoms with Gasteiger partial charge in [-0.15, -0.1) is 0 Å². The molecule has 0 atom stereocenters. The van der Waals surface area contributed by atoms with Gasteiger partial charge in [0.2, 0.25) is 0 Å². The molecule has 0 saturated carbocycles. The maximum Gasteiger partial charge on any atom is 0.258 e. The lowest BCUT2D eigenvalue weighted by atomic mass is 10.3. The van der Waals surface area contributed by atoms with Gasteiger partial charge in [-0.1, -0.05) is 6.07 Å². The van der Waals surface area contributed by atoms with Crippen molar-refractivity contribution in [1.29, 1.82) is 0 Å². The highest BCUT2D eigenvalue weighted by Crippen LogP contribution is 2.13. The third-order valence-electron chi connectivity index (χ3n) is 2.03. The van der Waals surface area contributed by atoms with Gasteiger partial charge in [0.05, 0.1) is 19.8 Å². The Bertz CT molecular complexity index is 371.